The molecule has 1 N–H and O–H groups in total. The van der Waals surface area contributed by atoms with Crippen molar-refractivity contribution in [2.75, 3.05) is 5.32 Å². The molecule has 0 radical (unpaired) electrons. The third-order valence-electron chi connectivity index (χ3n) is 3.38. The first-order valence-electron chi connectivity index (χ1n) is 6.66. The lowest BCUT2D eigenvalue weighted by molar-refractivity contribution is -0.119. The number of carbonyl (C=O) groups is 1. The van der Waals surface area contributed by atoms with Gasteiger partial charge in [-0.3, -0.25) is 4.79 Å². The van der Waals surface area contributed by atoms with Gasteiger partial charge in [0, 0.05) is 16.6 Å². The van der Waals surface area contributed by atoms with E-state index in [-0.39, 0.29) is 11.8 Å². The maximum Gasteiger partial charge on any atom is 0.227 e. The van der Waals surface area contributed by atoms with E-state index in [4.69, 9.17) is 11.6 Å². The number of anilines is 1. The zero-order valence-electron chi connectivity index (χ0n) is 11.6. The van der Waals surface area contributed by atoms with Crippen molar-refractivity contribution in [2.24, 2.45) is 5.92 Å². The van der Waals surface area contributed by atoms with Crippen molar-refractivity contribution in [3.8, 4) is 0 Å². The van der Waals surface area contributed by atoms with E-state index in [9.17, 15) is 4.79 Å². The third kappa shape index (κ3) is 3.26. The summed E-state index contributed by atoms with van der Waals surface area (Å²) in [5, 5.41) is 3.78. The molecule has 3 heteroatoms. The van der Waals surface area contributed by atoms with Crippen LogP contribution in [0.15, 0.2) is 12.1 Å². The Balaban J connectivity index is 3.12. The van der Waals surface area contributed by atoms with Crippen LogP contribution in [0.1, 0.15) is 45.2 Å². The first kappa shape index (κ1) is 15.0. The maximum atomic E-state index is 12.0. The zero-order valence-corrected chi connectivity index (χ0v) is 12.4. The van der Waals surface area contributed by atoms with Crippen LogP contribution in [0.5, 0.6) is 0 Å². The zero-order chi connectivity index (χ0) is 13.7. The second kappa shape index (κ2) is 6.79. The summed E-state index contributed by atoms with van der Waals surface area (Å²) >= 11 is 6.20. The van der Waals surface area contributed by atoms with E-state index in [1.165, 1.54) is 0 Å². The van der Waals surface area contributed by atoms with Crippen molar-refractivity contribution in [1.82, 2.24) is 0 Å². The molecular formula is C15H22ClNO. The predicted octanol–water partition coefficient (Wildman–Crippen LogP) is 4.45. The quantitative estimate of drug-likeness (QED) is 0.839. The molecule has 0 aliphatic carbocycles. The van der Waals surface area contributed by atoms with E-state index in [2.05, 4.69) is 19.2 Å². The lowest BCUT2D eigenvalue weighted by atomic mass is 10.0. The van der Waals surface area contributed by atoms with E-state index in [0.29, 0.717) is 0 Å². The normalized spacial score (nSPS) is 12.3. The Morgan fingerprint density at radius 3 is 2.44 bits per heavy atom. The van der Waals surface area contributed by atoms with Crippen LogP contribution in [-0.4, -0.2) is 5.91 Å². The number of nitrogens with one attached hydrogen (secondary N) is 1. The minimum Gasteiger partial charge on any atom is -0.325 e. The van der Waals surface area contributed by atoms with Crippen molar-refractivity contribution in [2.45, 2.75) is 47.0 Å². The standard InChI is InChI=1S/C15H22ClNO/c1-5-10(4)15(18)17-14-11(6-2)8-9-13(16)12(14)7-3/h8-10H,5-7H2,1-4H3,(H,17,18). The predicted molar refractivity (Wildman–Crippen MR) is 78.3 cm³/mol. The molecule has 0 aliphatic heterocycles. The molecule has 0 aliphatic rings. The highest BCUT2D eigenvalue weighted by Crippen LogP contribution is 2.30. The van der Waals surface area contributed by atoms with Crippen molar-refractivity contribution >= 4 is 23.2 Å². The number of hydrogen-bond donors (Lipinski definition) is 1. The Hall–Kier alpha value is -1.02. The molecule has 0 fully saturated rings. The Kier molecular flexibility index (Phi) is 5.67. The van der Waals surface area contributed by atoms with Crippen LogP contribution in [-0.2, 0) is 17.6 Å². The summed E-state index contributed by atoms with van der Waals surface area (Å²) in [7, 11) is 0. The van der Waals surface area contributed by atoms with Crippen LogP contribution in [0.4, 0.5) is 5.69 Å². The second-order valence-corrected chi connectivity index (χ2v) is 4.97. The van der Waals surface area contributed by atoms with Crippen LogP contribution in [0.25, 0.3) is 0 Å². The Morgan fingerprint density at radius 2 is 1.94 bits per heavy atom. The van der Waals surface area contributed by atoms with Gasteiger partial charge in [0.2, 0.25) is 5.91 Å². The summed E-state index contributed by atoms with van der Waals surface area (Å²) in [6, 6.07) is 3.91. The molecule has 18 heavy (non-hydrogen) atoms. The number of aryl methyl sites for hydroxylation is 1. The molecule has 1 aromatic rings. The molecule has 0 spiro atoms. The van der Waals surface area contributed by atoms with Crippen molar-refractivity contribution in [3.05, 3.63) is 28.3 Å². The number of hydrogen-bond acceptors (Lipinski definition) is 1. The molecule has 0 saturated heterocycles. The van der Waals surface area contributed by atoms with Crippen molar-refractivity contribution in [1.29, 1.82) is 0 Å². The molecule has 0 saturated carbocycles. The van der Waals surface area contributed by atoms with Gasteiger partial charge in [-0.15, -0.1) is 0 Å². The first-order valence-corrected chi connectivity index (χ1v) is 7.03. The summed E-state index contributed by atoms with van der Waals surface area (Å²) < 4.78 is 0. The van der Waals surface area contributed by atoms with Crippen LogP contribution < -0.4 is 5.32 Å². The largest absolute Gasteiger partial charge is 0.325 e. The fourth-order valence-corrected chi connectivity index (χ4v) is 2.19. The van der Waals surface area contributed by atoms with E-state index >= 15 is 0 Å². The maximum absolute atomic E-state index is 12.0. The molecule has 1 unspecified atom stereocenters. The molecule has 2 nitrogen and oxygen atoms in total. The van der Waals surface area contributed by atoms with Crippen LogP contribution in [0.3, 0.4) is 0 Å². The summed E-state index contributed by atoms with van der Waals surface area (Å²) in [6.45, 7) is 8.10. The van der Waals surface area contributed by atoms with Gasteiger partial charge in [-0.2, -0.15) is 0 Å². The van der Waals surface area contributed by atoms with Gasteiger partial charge in [0.05, 0.1) is 0 Å². The number of benzene rings is 1. The summed E-state index contributed by atoms with van der Waals surface area (Å²) in [4.78, 5) is 12.0. The number of rotatable bonds is 5. The van der Waals surface area contributed by atoms with Gasteiger partial charge in [-0.25, -0.2) is 0 Å². The molecule has 1 amide bonds. The summed E-state index contributed by atoms with van der Waals surface area (Å²) in [5.41, 5.74) is 3.10. The summed E-state index contributed by atoms with van der Waals surface area (Å²) in [6.07, 6.45) is 2.55. The minimum atomic E-state index is 0.0263. The van der Waals surface area contributed by atoms with Crippen LogP contribution in [0.2, 0.25) is 5.02 Å². The van der Waals surface area contributed by atoms with E-state index in [1.54, 1.807) is 0 Å². The monoisotopic (exact) mass is 267 g/mol. The lowest BCUT2D eigenvalue weighted by Gasteiger charge is -2.17. The summed E-state index contributed by atoms with van der Waals surface area (Å²) in [5.74, 6) is 0.0996. The number of amides is 1. The van der Waals surface area contributed by atoms with Crippen LogP contribution >= 0.6 is 11.6 Å². The average molecular weight is 268 g/mol. The molecule has 100 valence electrons. The smallest absolute Gasteiger partial charge is 0.227 e. The molecule has 1 rings (SSSR count). The number of halogens is 1. The Bertz CT molecular complexity index is 429. The van der Waals surface area contributed by atoms with E-state index < -0.39 is 0 Å². The van der Waals surface area contributed by atoms with Gasteiger partial charge in [-0.1, -0.05) is 45.4 Å². The number of carbonyl (C=O) groups excluding carboxylic acids is 1. The SMILES string of the molecule is CCc1ccc(Cl)c(CC)c1NC(=O)C(C)CC. The second-order valence-electron chi connectivity index (χ2n) is 4.57. The lowest BCUT2D eigenvalue weighted by Crippen LogP contribution is -2.21. The molecular weight excluding hydrogens is 246 g/mol. The van der Waals surface area contributed by atoms with Gasteiger partial charge in [0.25, 0.3) is 0 Å². The Morgan fingerprint density at radius 1 is 1.28 bits per heavy atom. The molecule has 0 heterocycles. The van der Waals surface area contributed by atoms with Gasteiger partial charge in [0.15, 0.2) is 0 Å². The van der Waals surface area contributed by atoms with Gasteiger partial charge < -0.3 is 5.32 Å². The van der Waals surface area contributed by atoms with Gasteiger partial charge in [-0.05, 0) is 36.5 Å². The van der Waals surface area contributed by atoms with Crippen molar-refractivity contribution in [3.63, 3.8) is 0 Å². The molecule has 0 bridgehead atoms. The molecule has 0 aromatic heterocycles. The highest BCUT2D eigenvalue weighted by Gasteiger charge is 2.16. The Labute approximate surface area is 115 Å². The fourth-order valence-electron chi connectivity index (χ4n) is 1.90. The third-order valence-corrected chi connectivity index (χ3v) is 3.74. The van der Waals surface area contributed by atoms with Crippen molar-refractivity contribution < 1.29 is 4.79 Å². The fraction of sp³-hybridized carbons (Fsp3) is 0.533. The molecule has 1 atom stereocenters. The highest BCUT2D eigenvalue weighted by molar-refractivity contribution is 6.32. The van der Waals surface area contributed by atoms with Gasteiger partial charge >= 0.3 is 0 Å². The van der Waals surface area contributed by atoms with E-state index in [1.807, 2.05) is 26.0 Å². The molecule has 1 aromatic carbocycles. The first-order chi connectivity index (χ1) is 8.54. The highest BCUT2D eigenvalue weighted by atomic mass is 35.5. The van der Waals surface area contributed by atoms with Crippen LogP contribution in [0, 0.1) is 5.92 Å². The van der Waals surface area contributed by atoms with E-state index in [0.717, 1.165) is 41.1 Å². The van der Waals surface area contributed by atoms with Gasteiger partial charge in [0.1, 0.15) is 0 Å². The topological polar surface area (TPSA) is 29.1 Å². The average Bonchev–Trinajstić information content (AvgIpc) is 2.38. The minimum absolute atomic E-state index is 0.0263.